The first kappa shape index (κ1) is 63.8. The number of benzene rings is 8. The molecule has 0 radical (unpaired) electrons. The maximum absolute atomic E-state index is 14.4. The molecule has 0 unspecified atom stereocenters. The van der Waals surface area contributed by atoms with E-state index >= 15 is 0 Å². The number of anilines is 1. The number of azo groups is 1. The van der Waals surface area contributed by atoms with Gasteiger partial charge in [-0.15, -0.1) is 0 Å². The third-order valence-electron chi connectivity index (χ3n) is 15.8. The van der Waals surface area contributed by atoms with Gasteiger partial charge in [0.15, 0.2) is 0 Å². The van der Waals surface area contributed by atoms with Crippen LogP contribution >= 0.6 is 0 Å². The molecular weight excluding hydrogens is 1140 g/mol. The number of esters is 1. The number of rotatable bonds is 27. The Morgan fingerprint density at radius 3 is 1.22 bits per heavy atom. The van der Waals surface area contributed by atoms with Gasteiger partial charge in [0.05, 0.1) is 66.3 Å². The van der Waals surface area contributed by atoms with Crippen LogP contribution in [-0.2, 0) is 44.6 Å². The molecule has 8 aromatic rings. The van der Waals surface area contributed by atoms with E-state index in [-0.39, 0.29) is 38.2 Å². The third-order valence-corrected chi connectivity index (χ3v) is 15.8. The zero-order valence-electron chi connectivity index (χ0n) is 49.7. The average Bonchev–Trinajstić information content (AvgIpc) is 0.938. The van der Waals surface area contributed by atoms with Crippen molar-refractivity contribution < 1.29 is 38.4 Å². The van der Waals surface area contributed by atoms with Gasteiger partial charge in [-0.25, -0.2) is 0 Å². The van der Waals surface area contributed by atoms with Crippen molar-refractivity contribution in [3.63, 3.8) is 0 Å². The van der Waals surface area contributed by atoms with Gasteiger partial charge in [-0.05, 0) is 76.7 Å². The van der Waals surface area contributed by atoms with Gasteiger partial charge >= 0.3 is 5.97 Å². The normalized spacial score (nSPS) is 14.6. The number of nitrogens with zero attached hydrogens (tertiary/aromatic N) is 5. The number of nitrogens with one attached hydrogen (secondary N) is 4. The minimum atomic E-state index is -1.40. The maximum Gasteiger partial charge on any atom is 0.306 e. The summed E-state index contributed by atoms with van der Waals surface area (Å²) < 4.78 is 5.58. The van der Waals surface area contributed by atoms with Crippen molar-refractivity contribution in [1.82, 2.24) is 26.2 Å². The van der Waals surface area contributed by atoms with Crippen LogP contribution in [-0.4, -0.2) is 102 Å². The fraction of sp³-hybridized carbons (Fsp3) is 0.229. The topological polar surface area (TPSA) is 286 Å². The quantitative estimate of drug-likeness (QED) is 0.00928. The Morgan fingerprint density at radius 2 is 0.889 bits per heavy atom. The van der Waals surface area contributed by atoms with Crippen molar-refractivity contribution in [2.24, 2.45) is 21.7 Å². The lowest BCUT2D eigenvalue weighted by Gasteiger charge is -2.37. The summed E-state index contributed by atoms with van der Waals surface area (Å²) >= 11 is 0. The summed E-state index contributed by atoms with van der Waals surface area (Å²) in [7, 11) is 0. The van der Waals surface area contributed by atoms with Crippen LogP contribution in [0.1, 0.15) is 66.0 Å². The van der Waals surface area contributed by atoms with Gasteiger partial charge < -0.3 is 47.3 Å². The van der Waals surface area contributed by atoms with E-state index in [0.717, 1.165) is 39.1 Å². The molecule has 20 heteroatoms. The molecular formula is C70H71N11O9. The van der Waals surface area contributed by atoms with Crippen molar-refractivity contribution >= 4 is 58.3 Å². The molecule has 8 aromatic carbocycles. The van der Waals surface area contributed by atoms with Crippen LogP contribution in [0.2, 0.25) is 0 Å². The van der Waals surface area contributed by atoms with E-state index in [4.69, 9.17) is 16.2 Å². The summed E-state index contributed by atoms with van der Waals surface area (Å²) in [6, 6.07) is 65.0. The first-order chi connectivity index (χ1) is 43.7. The van der Waals surface area contributed by atoms with Crippen molar-refractivity contribution in [1.29, 1.82) is 0 Å². The van der Waals surface area contributed by atoms with Crippen LogP contribution in [0, 0.1) is 10.1 Å². The first-order valence-electron chi connectivity index (χ1n) is 29.7. The Bertz CT molecular complexity index is 3380. The van der Waals surface area contributed by atoms with Crippen molar-refractivity contribution in [3.05, 3.63) is 274 Å². The number of hydrogen-bond donors (Lipinski definition) is 6. The van der Waals surface area contributed by atoms with E-state index in [2.05, 4.69) is 31.5 Å². The van der Waals surface area contributed by atoms with Gasteiger partial charge in [0.25, 0.3) is 5.69 Å². The maximum atomic E-state index is 14.4. The monoisotopic (exact) mass is 1210 g/mol. The summed E-state index contributed by atoms with van der Waals surface area (Å²) in [5.74, 6) is -3.61. The highest BCUT2D eigenvalue weighted by Gasteiger charge is 2.42. The predicted octanol–water partition coefficient (Wildman–Crippen LogP) is 8.62. The van der Waals surface area contributed by atoms with Gasteiger partial charge in [-0.2, -0.15) is 10.2 Å². The molecule has 1 heterocycles. The average molecular weight is 1210 g/mol. The van der Waals surface area contributed by atoms with Crippen LogP contribution < -0.4 is 37.6 Å². The number of carbonyl (C=O) groups excluding carboxylic acids is 6. The highest BCUT2D eigenvalue weighted by molar-refractivity contribution is 5.91. The molecule has 0 saturated carbocycles. The summed E-state index contributed by atoms with van der Waals surface area (Å²) in [4.78, 5) is 98.4. The van der Waals surface area contributed by atoms with Crippen LogP contribution in [0.15, 0.2) is 241 Å². The second-order valence-corrected chi connectivity index (χ2v) is 21.7. The van der Waals surface area contributed by atoms with Crippen molar-refractivity contribution in [2.45, 2.75) is 67.9 Å². The number of amides is 5. The SMILES string of the molecule is CCN(CCOC(=O)CCC(=O)N1C[C@@H](NC(=O)[C@H](N)CC(=O)NC(c2ccccc2)(c2ccccc2)c2ccccc2)[C@H](NC(=O)[C@H](N)CC(=O)NC(c2ccccc2)(c2ccccc2)c2ccccc2)C1)c1ccc(N=Nc2ccc([N+](=O)[O-])cc2)cc1. The van der Waals surface area contributed by atoms with Crippen LogP contribution in [0.25, 0.3) is 0 Å². The molecule has 5 amide bonds. The molecule has 1 fully saturated rings. The van der Waals surface area contributed by atoms with E-state index in [0.29, 0.717) is 24.5 Å². The fourth-order valence-corrected chi connectivity index (χ4v) is 11.2. The minimum Gasteiger partial charge on any atom is -0.464 e. The smallest absolute Gasteiger partial charge is 0.306 e. The lowest BCUT2D eigenvalue weighted by molar-refractivity contribution is -0.384. The van der Waals surface area contributed by atoms with E-state index < -0.39 is 88.5 Å². The molecule has 0 bridgehead atoms. The zero-order valence-corrected chi connectivity index (χ0v) is 49.7. The molecule has 0 aliphatic carbocycles. The molecule has 0 aromatic heterocycles. The van der Waals surface area contributed by atoms with Crippen LogP contribution in [0.4, 0.5) is 22.7 Å². The third kappa shape index (κ3) is 15.7. The molecule has 1 aliphatic heterocycles. The molecule has 1 saturated heterocycles. The number of hydrogen-bond acceptors (Lipinski definition) is 14. The van der Waals surface area contributed by atoms with E-state index in [1.54, 1.807) is 12.1 Å². The Balaban J connectivity index is 0.863. The predicted molar refractivity (Wildman–Crippen MR) is 342 cm³/mol. The lowest BCUT2D eigenvalue weighted by atomic mass is 9.77. The number of nitrogens with two attached hydrogens (primary N) is 2. The summed E-state index contributed by atoms with van der Waals surface area (Å²) in [6.45, 7) is 2.65. The summed E-state index contributed by atoms with van der Waals surface area (Å²) in [6.07, 6.45) is -1.43. The molecule has 4 atom stereocenters. The summed E-state index contributed by atoms with van der Waals surface area (Å²) in [5.41, 5.74) is 17.2. The number of likely N-dealkylation sites (N-methyl/N-ethyl adjacent to an activating group) is 1. The van der Waals surface area contributed by atoms with Crippen LogP contribution in [0.3, 0.4) is 0 Å². The molecule has 8 N–H and O–H groups in total. The largest absolute Gasteiger partial charge is 0.464 e. The second kappa shape index (κ2) is 30.3. The standard InChI is InChI=1S/C70H71N11O9/c1-2-79(57-37-33-55(34-38-57)77-78-56-35-39-58(40-36-56)81(88)89)43-44-90-66(85)42-41-65(84)80-47-61(73-67(86)59(71)45-63(82)75-69(49-21-9-3-10-22-49,50-23-11-4-12-24-50)51-25-13-5-14-26-51)62(48-80)74-68(87)60(72)46-64(83)76-70(52-27-15-6-16-28-52,53-29-17-7-18-30-53)54-31-19-8-20-32-54/h3-40,59-62H,2,41-48,71-72H2,1H3,(H,73,86)(H,74,87)(H,75,82)(H,76,83)/t59-,60-,61-,62-/m1/s1. The minimum absolute atomic E-state index is 0.0163. The van der Waals surface area contributed by atoms with E-state index in [1.807, 2.05) is 206 Å². The highest BCUT2D eigenvalue weighted by Crippen LogP contribution is 2.39. The molecule has 460 valence electrons. The van der Waals surface area contributed by atoms with Gasteiger partial charge in [0.2, 0.25) is 29.5 Å². The number of likely N-dealkylation sites (tertiary alicyclic amines) is 1. The Morgan fingerprint density at radius 1 is 0.544 bits per heavy atom. The molecule has 1 aliphatic rings. The molecule has 90 heavy (non-hydrogen) atoms. The Kier molecular flexibility index (Phi) is 21.5. The molecule has 20 nitrogen and oxygen atoms in total. The van der Waals surface area contributed by atoms with Gasteiger partial charge in [-0.1, -0.05) is 182 Å². The highest BCUT2D eigenvalue weighted by atomic mass is 16.6. The van der Waals surface area contributed by atoms with E-state index in [9.17, 15) is 38.9 Å². The van der Waals surface area contributed by atoms with Gasteiger partial charge in [0, 0.05) is 43.9 Å². The van der Waals surface area contributed by atoms with Gasteiger partial charge in [-0.3, -0.25) is 38.9 Å². The van der Waals surface area contributed by atoms with E-state index in [1.165, 1.54) is 29.2 Å². The number of non-ortho nitro benzene ring substituents is 1. The second-order valence-electron chi connectivity index (χ2n) is 21.7. The molecule has 9 rings (SSSR count). The number of nitro groups is 1. The first-order valence-corrected chi connectivity index (χ1v) is 29.7. The zero-order chi connectivity index (χ0) is 63.5. The van der Waals surface area contributed by atoms with Crippen LogP contribution in [0.5, 0.6) is 0 Å². The lowest BCUT2D eigenvalue weighted by Crippen LogP contribution is -2.57. The molecule has 0 spiro atoms. The van der Waals surface area contributed by atoms with Crippen molar-refractivity contribution in [2.75, 3.05) is 37.7 Å². The van der Waals surface area contributed by atoms with Gasteiger partial charge in [0.1, 0.15) is 17.7 Å². The Hall–Kier alpha value is -10.7. The number of carbonyl (C=O) groups is 6. The summed E-state index contributed by atoms with van der Waals surface area (Å²) in [5, 5.41) is 31.6. The number of nitro benzene ring substituents is 1. The Labute approximate surface area is 521 Å². The van der Waals surface area contributed by atoms with Crippen molar-refractivity contribution in [3.8, 4) is 0 Å². The number of ether oxygens (including phenoxy) is 1. The fourth-order valence-electron chi connectivity index (χ4n) is 11.2.